The van der Waals surface area contributed by atoms with Gasteiger partial charge in [-0.3, -0.25) is 9.59 Å². The Hall–Kier alpha value is -3.47. The summed E-state index contributed by atoms with van der Waals surface area (Å²) in [6, 6.07) is 4.96. The molecule has 4 rings (SSSR count). The van der Waals surface area contributed by atoms with E-state index in [-0.39, 0.29) is 18.2 Å². The SMILES string of the molecule is CCC1=C(C(=O)OC)C(c2ccc(OC)c(OC)c2)N2C(CC(=O)N3CCN(C(C)=O)CC3)=CSC2=N1. The summed E-state index contributed by atoms with van der Waals surface area (Å²) in [6.45, 7) is 5.52. The van der Waals surface area contributed by atoms with Crippen LogP contribution < -0.4 is 9.47 Å². The summed E-state index contributed by atoms with van der Waals surface area (Å²) in [4.78, 5) is 48.3. The van der Waals surface area contributed by atoms with Crippen LogP contribution in [0.1, 0.15) is 38.3 Å². The van der Waals surface area contributed by atoms with Gasteiger partial charge < -0.3 is 28.9 Å². The van der Waals surface area contributed by atoms with Crippen LogP contribution in [0.3, 0.4) is 0 Å². The van der Waals surface area contributed by atoms with Crippen molar-refractivity contribution >= 4 is 34.7 Å². The molecule has 1 aromatic carbocycles. The molecule has 3 aliphatic rings. The number of amidine groups is 1. The molecule has 1 atom stereocenters. The van der Waals surface area contributed by atoms with Gasteiger partial charge in [-0.2, -0.15) is 0 Å². The molecule has 0 bridgehead atoms. The summed E-state index contributed by atoms with van der Waals surface area (Å²) in [5, 5.41) is 2.62. The Morgan fingerprint density at radius 1 is 1.03 bits per heavy atom. The topological polar surface area (TPSA) is 101 Å². The van der Waals surface area contributed by atoms with Crippen molar-refractivity contribution < 1.29 is 28.6 Å². The maximum atomic E-state index is 13.3. The third-order valence-electron chi connectivity index (χ3n) is 6.76. The van der Waals surface area contributed by atoms with Crippen LogP contribution in [-0.2, 0) is 19.1 Å². The Bertz CT molecular complexity index is 1190. The van der Waals surface area contributed by atoms with Gasteiger partial charge in [-0.05, 0) is 29.5 Å². The average molecular weight is 529 g/mol. The predicted octanol–water partition coefficient (Wildman–Crippen LogP) is 2.92. The molecule has 0 radical (unpaired) electrons. The number of nitrogens with zero attached hydrogens (tertiary/aromatic N) is 4. The molecule has 0 spiro atoms. The average Bonchev–Trinajstić information content (AvgIpc) is 3.32. The Morgan fingerprint density at radius 3 is 2.30 bits per heavy atom. The zero-order valence-corrected chi connectivity index (χ0v) is 22.6. The van der Waals surface area contributed by atoms with E-state index in [1.54, 1.807) is 37.0 Å². The molecule has 0 saturated carbocycles. The van der Waals surface area contributed by atoms with Gasteiger partial charge in [0.05, 0.1) is 45.1 Å². The maximum absolute atomic E-state index is 13.3. The summed E-state index contributed by atoms with van der Waals surface area (Å²) in [5.41, 5.74) is 2.61. The number of esters is 1. The molecule has 0 aromatic heterocycles. The number of allylic oxidation sites excluding steroid dienone is 1. The fourth-order valence-corrected chi connectivity index (χ4v) is 5.73. The minimum atomic E-state index is -0.557. The zero-order chi connectivity index (χ0) is 26.7. The van der Waals surface area contributed by atoms with Crippen LogP contribution >= 0.6 is 11.8 Å². The number of piperazine rings is 1. The highest BCUT2D eigenvalue weighted by molar-refractivity contribution is 8.16. The molecule has 37 heavy (non-hydrogen) atoms. The van der Waals surface area contributed by atoms with E-state index in [9.17, 15) is 14.4 Å². The molecular weight excluding hydrogens is 496 g/mol. The van der Waals surface area contributed by atoms with Gasteiger partial charge in [0.15, 0.2) is 16.7 Å². The third kappa shape index (κ3) is 5.18. The smallest absolute Gasteiger partial charge is 0.338 e. The van der Waals surface area contributed by atoms with Crippen LogP contribution in [0.15, 0.2) is 45.6 Å². The van der Waals surface area contributed by atoms with E-state index >= 15 is 0 Å². The van der Waals surface area contributed by atoms with Crippen LogP contribution in [-0.4, -0.2) is 85.2 Å². The molecule has 10 nitrogen and oxygen atoms in total. The van der Waals surface area contributed by atoms with Crippen molar-refractivity contribution in [2.45, 2.75) is 32.7 Å². The summed E-state index contributed by atoms with van der Waals surface area (Å²) in [6.07, 6.45) is 0.687. The monoisotopic (exact) mass is 528 g/mol. The highest BCUT2D eigenvalue weighted by atomic mass is 32.2. The lowest BCUT2D eigenvalue weighted by Gasteiger charge is -2.38. The normalized spacial score (nSPS) is 19.3. The number of amides is 2. The quantitative estimate of drug-likeness (QED) is 0.498. The number of thioether (sulfide) groups is 1. The van der Waals surface area contributed by atoms with Crippen molar-refractivity contribution in [3.8, 4) is 11.5 Å². The number of benzene rings is 1. The first-order valence-electron chi connectivity index (χ1n) is 12.1. The van der Waals surface area contributed by atoms with E-state index in [1.165, 1.54) is 18.9 Å². The van der Waals surface area contributed by atoms with E-state index in [0.717, 1.165) is 11.3 Å². The van der Waals surface area contributed by atoms with E-state index in [0.29, 0.717) is 60.5 Å². The Labute approximate surface area is 220 Å². The first-order chi connectivity index (χ1) is 17.8. The highest BCUT2D eigenvalue weighted by Crippen LogP contribution is 2.46. The second-order valence-corrected chi connectivity index (χ2v) is 9.61. The molecule has 1 aromatic rings. The van der Waals surface area contributed by atoms with Gasteiger partial charge in [-0.15, -0.1) is 0 Å². The predicted molar refractivity (Wildman–Crippen MR) is 140 cm³/mol. The largest absolute Gasteiger partial charge is 0.493 e. The minimum absolute atomic E-state index is 0.0165. The second kappa shape index (κ2) is 11.3. The van der Waals surface area contributed by atoms with Gasteiger partial charge in [0, 0.05) is 38.8 Å². The van der Waals surface area contributed by atoms with Gasteiger partial charge in [-0.25, -0.2) is 9.79 Å². The van der Waals surface area contributed by atoms with E-state index in [4.69, 9.17) is 19.2 Å². The number of ether oxygens (including phenoxy) is 3. The van der Waals surface area contributed by atoms with E-state index in [2.05, 4.69) is 0 Å². The Balaban J connectivity index is 1.68. The highest BCUT2D eigenvalue weighted by Gasteiger charge is 2.42. The Morgan fingerprint density at radius 2 is 1.70 bits per heavy atom. The maximum Gasteiger partial charge on any atom is 0.338 e. The van der Waals surface area contributed by atoms with Gasteiger partial charge >= 0.3 is 5.97 Å². The minimum Gasteiger partial charge on any atom is -0.493 e. The standard InChI is InChI=1S/C26H32N4O6S/c1-6-19-23(25(33)36-5)24(17-7-8-20(34-3)21(13-17)35-4)30-18(15-37-26(30)27-19)14-22(32)29-11-9-28(10-12-29)16(2)31/h7-8,13,15,24H,6,9-12,14H2,1-5H3. The molecule has 2 amide bonds. The van der Waals surface area contributed by atoms with Gasteiger partial charge in [0.2, 0.25) is 11.8 Å². The molecule has 1 unspecified atom stereocenters. The lowest BCUT2D eigenvalue weighted by molar-refractivity contribution is -0.138. The number of rotatable bonds is 7. The number of hydrogen-bond donors (Lipinski definition) is 0. The van der Waals surface area contributed by atoms with Gasteiger partial charge in [-0.1, -0.05) is 24.8 Å². The summed E-state index contributed by atoms with van der Waals surface area (Å²) < 4.78 is 16.1. The summed E-state index contributed by atoms with van der Waals surface area (Å²) in [7, 11) is 4.48. The molecule has 3 heterocycles. The van der Waals surface area contributed by atoms with Gasteiger partial charge in [0.1, 0.15) is 0 Å². The molecule has 11 heteroatoms. The lowest BCUT2D eigenvalue weighted by Crippen LogP contribution is -2.50. The summed E-state index contributed by atoms with van der Waals surface area (Å²) >= 11 is 1.43. The second-order valence-electron chi connectivity index (χ2n) is 8.78. The zero-order valence-electron chi connectivity index (χ0n) is 21.8. The molecule has 0 aliphatic carbocycles. The van der Waals surface area contributed by atoms with Crippen molar-refractivity contribution in [1.82, 2.24) is 14.7 Å². The summed E-state index contributed by atoms with van der Waals surface area (Å²) in [5.74, 6) is 0.613. The first kappa shape index (κ1) is 26.6. The van der Waals surface area contributed by atoms with Gasteiger partial charge in [0.25, 0.3) is 0 Å². The molecule has 3 aliphatic heterocycles. The van der Waals surface area contributed by atoms with Crippen molar-refractivity contribution in [3.63, 3.8) is 0 Å². The number of hydrogen-bond acceptors (Lipinski definition) is 9. The molecular formula is C26H32N4O6S. The number of carbonyl (C=O) groups excluding carboxylic acids is 3. The van der Waals surface area contributed by atoms with Crippen molar-refractivity contribution in [3.05, 3.63) is 46.1 Å². The number of fused-ring (bicyclic) bond motifs is 1. The van der Waals surface area contributed by atoms with E-state index in [1.807, 2.05) is 29.4 Å². The van der Waals surface area contributed by atoms with Crippen LogP contribution in [0.2, 0.25) is 0 Å². The number of aliphatic imine (C=N–C) groups is 1. The number of carbonyl (C=O) groups is 3. The molecule has 198 valence electrons. The fraction of sp³-hybridized carbons (Fsp3) is 0.462. The van der Waals surface area contributed by atoms with Crippen LogP contribution in [0.5, 0.6) is 11.5 Å². The van der Waals surface area contributed by atoms with Crippen LogP contribution in [0.4, 0.5) is 0 Å². The van der Waals surface area contributed by atoms with E-state index < -0.39 is 12.0 Å². The van der Waals surface area contributed by atoms with Crippen molar-refractivity contribution in [2.75, 3.05) is 47.5 Å². The van der Waals surface area contributed by atoms with Crippen LogP contribution in [0, 0.1) is 0 Å². The lowest BCUT2D eigenvalue weighted by atomic mass is 9.92. The molecule has 1 fully saturated rings. The fourth-order valence-electron chi connectivity index (χ4n) is 4.79. The number of methoxy groups -OCH3 is 3. The molecule has 0 N–H and O–H groups in total. The third-order valence-corrected chi connectivity index (χ3v) is 7.65. The van der Waals surface area contributed by atoms with Crippen molar-refractivity contribution in [1.29, 1.82) is 0 Å². The Kier molecular flexibility index (Phi) is 8.11. The van der Waals surface area contributed by atoms with Crippen LogP contribution in [0.25, 0.3) is 0 Å². The first-order valence-corrected chi connectivity index (χ1v) is 13.0. The van der Waals surface area contributed by atoms with Crippen molar-refractivity contribution in [2.24, 2.45) is 4.99 Å². The molecule has 1 saturated heterocycles.